The number of carbonyl (C=O) groups is 1. The number of anilines is 1. The predicted octanol–water partition coefficient (Wildman–Crippen LogP) is 4.12. The van der Waals surface area contributed by atoms with Gasteiger partial charge in [-0.3, -0.25) is 9.48 Å². The van der Waals surface area contributed by atoms with Crippen LogP contribution >= 0.6 is 0 Å². The van der Waals surface area contributed by atoms with E-state index in [-0.39, 0.29) is 11.3 Å². The fourth-order valence-corrected chi connectivity index (χ4v) is 6.69. The molecule has 0 bridgehead atoms. The third-order valence-corrected chi connectivity index (χ3v) is 9.86. The fourth-order valence-electron chi connectivity index (χ4n) is 6.69. The molecule has 2 N–H and O–H groups in total. The van der Waals surface area contributed by atoms with Gasteiger partial charge in [-0.2, -0.15) is 15.5 Å². The van der Waals surface area contributed by atoms with Crippen molar-refractivity contribution in [2.24, 2.45) is 5.41 Å². The van der Waals surface area contributed by atoms with Crippen LogP contribution in [0.4, 0.5) is 5.82 Å². The summed E-state index contributed by atoms with van der Waals surface area (Å²) in [5.41, 5.74) is 3.97. The molecule has 3 aliphatic rings. The molecule has 4 aromatic rings. The largest absolute Gasteiger partial charge is 0.357 e. The zero-order valence-corrected chi connectivity index (χ0v) is 24.7. The quantitative estimate of drug-likeness (QED) is 0.335. The second-order valence-corrected chi connectivity index (χ2v) is 12.3. The Bertz CT molecular complexity index is 1650. The van der Waals surface area contributed by atoms with Gasteiger partial charge in [0.15, 0.2) is 0 Å². The maximum Gasteiger partial charge on any atom is 0.226 e. The van der Waals surface area contributed by atoms with Gasteiger partial charge in [0.25, 0.3) is 0 Å². The highest BCUT2D eigenvalue weighted by Gasteiger charge is 2.41. The molecule has 2 aliphatic heterocycles. The summed E-state index contributed by atoms with van der Waals surface area (Å²) in [4.78, 5) is 25.3. The van der Waals surface area contributed by atoms with Crippen LogP contribution in [0.2, 0.25) is 0 Å². The highest BCUT2D eigenvalue weighted by molar-refractivity contribution is 5.84. The van der Waals surface area contributed by atoms with E-state index in [9.17, 15) is 10.1 Å². The van der Waals surface area contributed by atoms with Crippen molar-refractivity contribution >= 4 is 17.2 Å². The van der Waals surface area contributed by atoms with Crippen molar-refractivity contribution in [2.45, 2.75) is 70.4 Å². The second-order valence-electron chi connectivity index (χ2n) is 12.3. The van der Waals surface area contributed by atoms with Crippen molar-refractivity contribution in [1.82, 2.24) is 40.0 Å². The molecule has 4 aromatic heterocycles. The van der Waals surface area contributed by atoms with Crippen molar-refractivity contribution < 1.29 is 4.79 Å². The van der Waals surface area contributed by atoms with Gasteiger partial charge in [-0.15, -0.1) is 0 Å². The van der Waals surface area contributed by atoms with E-state index in [4.69, 9.17) is 9.97 Å². The second kappa shape index (κ2) is 11.4. The van der Waals surface area contributed by atoms with Crippen molar-refractivity contribution in [3.63, 3.8) is 0 Å². The van der Waals surface area contributed by atoms with E-state index < -0.39 is 0 Å². The highest BCUT2D eigenvalue weighted by atomic mass is 16.2. The number of carbonyl (C=O) groups excluding carboxylic acids is 1. The molecule has 1 saturated carbocycles. The molecule has 0 atom stereocenters. The zero-order valence-electron chi connectivity index (χ0n) is 24.7. The van der Waals surface area contributed by atoms with E-state index in [0.717, 1.165) is 93.8 Å². The monoisotopic (exact) mass is 578 g/mol. The highest BCUT2D eigenvalue weighted by Crippen LogP contribution is 2.38. The maximum absolute atomic E-state index is 13.2. The molecular weight excluding hydrogens is 540 g/mol. The van der Waals surface area contributed by atoms with E-state index in [1.54, 1.807) is 10.7 Å². The Labute approximate surface area is 251 Å². The van der Waals surface area contributed by atoms with E-state index >= 15 is 0 Å². The first-order valence-corrected chi connectivity index (χ1v) is 15.6. The number of hydrogen-bond donors (Lipinski definition) is 2. The molecule has 0 unspecified atom stereocenters. The number of nitrogens with zero attached hydrogens (tertiary/aromatic N) is 8. The number of aromatic nitrogens is 6. The van der Waals surface area contributed by atoms with Gasteiger partial charge in [-0.1, -0.05) is 6.92 Å². The molecule has 3 fully saturated rings. The summed E-state index contributed by atoms with van der Waals surface area (Å²) in [6.07, 6.45) is 17.2. The van der Waals surface area contributed by atoms with Gasteiger partial charge < -0.3 is 15.5 Å². The van der Waals surface area contributed by atoms with Gasteiger partial charge in [-0.25, -0.2) is 14.5 Å². The average molecular weight is 579 g/mol. The lowest BCUT2D eigenvalue weighted by Crippen LogP contribution is -2.52. The van der Waals surface area contributed by atoms with Crippen LogP contribution in [0.3, 0.4) is 0 Å². The van der Waals surface area contributed by atoms with Crippen molar-refractivity contribution in [3.8, 4) is 28.6 Å². The summed E-state index contributed by atoms with van der Waals surface area (Å²) < 4.78 is 3.78. The molecule has 0 aromatic carbocycles. The van der Waals surface area contributed by atoms with Crippen molar-refractivity contribution in [2.75, 3.05) is 31.1 Å². The van der Waals surface area contributed by atoms with Gasteiger partial charge in [0, 0.05) is 42.7 Å². The summed E-state index contributed by atoms with van der Waals surface area (Å²) in [5, 5.41) is 25.6. The van der Waals surface area contributed by atoms with Crippen LogP contribution < -0.4 is 15.5 Å². The summed E-state index contributed by atoms with van der Waals surface area (Å²) in [6, 6.07) is 7.04. The predicted molar refractivity (Wildman–Crippen MR) is 163 cm³/mol. The molecule has 2 saturated heterocycles. The molecule has 43 heavy (non-hydrogen) atoms. The Morgan fingerprint density at radius 3 is 2.56 bits per heavy atom. The number of nitrogens with one attached hydrogen (secondary N) is 2. The number of piperidine rings is 2. The minimum absolute atomic E-state index is 0.230. The number of rotatable bonds is 7. The van der Waals surface area contributed by atoms with Crippen LogP contribution in [0.15, 0.2) is 43.1 Å². The first kappa shape index (κ1) is 27.5. The van der Waals surface area contributed by atoms with Crippen LogP contribution in [-0.2, 0) is 4.79 Å². The first-order valence-electron chi connectivity index (χ1n) is 15.6. The van der Waals surface area contributed by atoms with E-state index in [1.165, 1.54) is 6.42 Å². The van der Waals surface area contributed by atoms with Crippen molar-refractivity contribution in [3.05, 3.63) is 48.7 Å². The fraction of sp³-hybridized carbons (Fsp3) is 0.500. The molecular formula is C32H38N10O. The van der Waals surface area contributed by atoms with Crippen LogP contribution in [0, 0.1) is 16.7 Å². The molecule has 11 heteroatoms. The van der Waals surface area contributed by atoms with Crippen molar-refractivity contribution in [1.29, 1.82) is 5.26 Å². The average Bonchev–Trinajstić information content (AvgIpc) is 3.71. The van der Waals surface area contributed by atoms with Gasteiger partial charge in [-0.05, 0) is 76.6 Å². The van der Waals surface area contributed by atoms with Crippen LogP contribution in [-0.4, -0.2) is 67.5 Å². The summed E-state index contributed by atoms with van der Waals surface area (Å²) in [5.74, 6) is 1.12. The van der Waals surface area contributed by atoms with E-state index in [2.05, 4.69) is 44.9 Å². The Balaban J connectivity index is 1.13. The minimum atomic E-state index is -0.292. The molecule has 7 rings (SSSR count). The minimum Gasteiger partial charge on any atom is -0.357 e. The number of hydrogen-bond acceptors (Lipinski definition) is 8. The normalized spacial score (nSPS) is 19.2. The number of fused-ring (bicyclic) bond motifs is 1. The first-order chi connectivity index (χ1) is 21.1. The van der Waals surface area contributed by atoms with Crippen LogP contribution in [0.1, 0.15) is 69.9 Å². The number of pyridine rings is 1. The van der Waals surface area contributed by atoms with Gasteiger partial charge in [0.2, 0.25) is 5.91 Å². The molecule has 6 heterocycles. The molecule has 1 aliphatic carbocycles. The Hall–Kier alpha value is -4.30. The van der Waals surface area contributed by atoms with E-state index in [1.807, 2.05) is 35.4 Å². The summed E-state index contributed by atoms with van der Waals surface area (Å²) in [6.45, 7) is 5.70. The van der Waals surface area contributed by atoms with Crippen LogP contribution in [0.25, 0.3) is 28.0 Å². The van der Waals surface area contributed by atoms with E-state index in [0.29, 0.717) is 28.9 Å². The van der Waals surface area contributed by atoms with Gasteiger partial charge in [0.05, 0.1) is 41.4 Å². The molecule has 222 valence electrons. The topological polar surface area (TPSA) is 129 Å². The Morgan fingerprint density at radius 1 is 1.07 bits per heavy atom. The lowest BCUT2D eigenvalue weighted by Gasteiger charge is -2.42. The summed E-state index contributed by atoms with van der Waals surface area (Å²) in [7, 11) is 0. The van der Waals surface area contributed by atoms with Crippen LogP contribution in [0.5, 0.6) is 0 Å². The molecule has 1 amide bonds. The lowest BCUT2D eigenvalue weighted by molar-refractivity contribution is -0.133. The lowest BCUT2D eigenvalue weighted by atomic mass is 9.74. The number of amides is 1. The van der Waals surface area contributed by atoms with Gasteiger partial charge in [0.1, 0.15) is 23.0 Å². The SMILES string of the molecule is CCC1(C(=O)NC2CCC2)CCN(c2ccc(-c3nc(-c4cnn(C5CCNCC5)c4)cn4ncc(C#N)c34)cn2)CC1. The molecule has 0 spiro atoms. The third kappa shape index (κ3) is 5.14. The zero-order chi connectivity index (χ0) is 29.4. The molecule has 11 nitrogen and oxygen atoms in total. The standard InChI is InChI=1S/C32H38N10O/c1-2-32(31(43)38-25-4-3-5-25)10-14-40(15-11-32)28-7-6-22(17-35-28)29-30-23(16-33)18-37-42(30)21-27(39-29)24-19-36-41(20-24)26-8-12-34-13-9-26/h6-7,17-21,25-26,34H,2-5,8-15H2,1H3,(H,38,43). The Morgan fingerprint density at radius 2 is 1.88 bits per heavy atom. The third-order valence-electron chi connectivity index (χ3n) is 9.86. The number of nitriles is 1. The Kier molecular flexibility index (Phi) is 7.31. The maximum atomic E-state index is 13.2. The smallest absolute Gasteiger partial charge is 0.226 e. The summed E-state index contributed by atoms with van der Waals surface area (Å²) >= 11 is 0. The van der Waals surface area contributed by atoms with Gasteiger partial charge >= 0.3 is 0 Å². The molecule has 0 radical (unpaired) electrons.